The van der Waals surface area contributed by atoms with Crippen molar-refractivity contribution in [3.8, 4) is 0 Å². The molecule has 0 bridgehead atoms. The van der Waals surface area contributed by atoms with Crippen molar-refractivity contribution < 1.29 is 14.3 Å². The normalized spacial score (nSPS) is 18.9. The molecule has 1 aromatic heterocycles. The summed E-state index contributed by atoms with van der Waals surface area (Å²) in [5, 5.41) is 0.529. The van der Waals surface area contributed by atoms with Crippen LogP contribution in [0.15, 0.2) is 12.3 Å². The molecule has 1 amide bonds. The maximum absolute atomic E-state index is 12.7. The van der Waals surface area contributed by atoms with Gasteiger partial charge in [0, 0.05) is 19.3 Å². The molecular formula is C14H19ClN2O3. The summed E-state index contributed by atoms with van der Waals surface area (Å²) in [6.45, 7) is 3.18. The highest BCUT2D eigenvalue weighted by Crippen LogP contribution is 2.23. The van der Waals surface area contributed by atoms with Crippen LogP contribution in [0.5, 0.6) is 0 Å². The van der Waals surface area contributed by atoms with E-state index in [2.05, 4.69) is 0 Å². The van der Waals surface area contributed by atoms with E-state index in [0.717, 1.165) is 12.8 Å². The predicted molar refractivity (Wildman–Crippen MR) is 75.8 cm³/mol. The van der Waals surface area contributed by atoms with Crippen LogP contribution in [0.25, 0.3) is 0 Å². The van der Waals surface area contributed by atoms with E-state index in [1.165, 1.54) is 7.11 Å². The van der Waals surface area contributed by atoms with Gasteiger partial charge in [0.15, 0.2) is 0 Å². The van der Waals surface area contributed by atoms with Crippen LogP contribution in [-0.2, 0) is 16.1 Å². The second-order valence-electron chi connectivity index (χ2n) is 4.86. The van der Waals surface area contributed by atoms with Crippen molar-refractivity contribution in [3.63, 3.8) is 0 Å². The van der Waals surface area contributed by atoms with Crippen molar-refractivity contribution in [3.05, 3.63) is 23.0 Å². The van der Waals surface area contributed by atoms with E-state index >= 15 is 0 Å². The fraction of sp³-hybridized carbons (Fsp3) is 0.571. The average Bonchev–Trinajstić information content (AvgIpc) is 2.86. The number of hydrogen-bond donors (Lipinski definition) is 0. The van der Waals surface area contributed by atoms with Gasteiger partial charge in [0.25, 0.3) is 5.91 Å². The Morgan fingerprint density at radius 3 is 2.85 bits per heavy atom. The summed E-state index contributed by atoms with van der Waals surface area (Å²) in [6.07, 6.45) is 4.21. The standard InChI is InChI=1S/C14H19ClN2O3/c1-3-16-9-10(15)8-12(16)13(18)17-7-5-4-6-11(17)14(19)20-2/h8-9,11H,3-7H2,1-2H3/t11-/m1/s1. The molecule has 0 aromatic carbocycles. The van der Waals surface area contributed by atoms with E-state index in [4.69, 9.17) is 16.3 Å². The minimum atomic E-state index is -0.486. The highest BCUT2D eigenvalue weighted by molar-refractivity contribution is 6.31. The van der Waals surface area contributed by atoms with Gasteiger partial charge in [-0.05, 0) is 32.3 Å². The van der Waals surface area contributed by atoms with Gasteiger partial charge in [-0.15, -0.1) is 0 Å². The Morgan fingerprint density at radius 2 is 2.20 bits per heavy atom. The molecule has 1 atom stereocenters. The number of aryl methyl sites for hydroxylation is 1. The Balaban J connectivity index is 2.27. The van der Waals surface area contributed by atoms with Gasteiger partial charge < -0.3 is 14.2 Å². The van der Waals surface area contributed by atoms with Crippen molar-refractivity contribution in [1.82, 2.24) is 9.47 Å². The van der Waals surface area contributed by atoms with Crippen LogP contribution in [0.2, 0.25) is 5.02 Å². The van der Waals surface area contributed by atoms with Gasteiger partial charge in [0.2, 0.25) is 0 Å². The number of rotatable bonds is 3. The van der Waals surface area contributed by atoms with Crippen LogP contribution in [0.1, 0.15) is 36.7 Å². The molecule has 0 saturated carbocycles. The third kappa shape index (κ3) is 2.82. The molecule has 0 aliphatic carbocycles. The van der Waals surface area contributed by atoms with E-state index in [9.17, 15) is 9.59 Å². The first kappa shape index (κ1) is 14.9. The number of halogens is 1. The number of nitrogens with zero attached hydrogens (tertiary/aromatic N) is 2. The zero-order valence-corrected chi connectivity index (χ0v) is 12.5. The van der Waals surface area contributed by atoms with E-state index in [1.54, 1.807) is 21.7 Å². The number of amides is 1. The third-order valence-corrected chi connectivity index (χ3v) is 3.87. The maximum atomic E-state index is 12.7. The molecular weight excluding hydrogens is 280 g/mol. The van der Waals surface area contributed by atoms with Gasteiger partial charge in [-0.25, -0.2) is 4.79 Å². The lowest BCUT2D eigenvalue weighted by Gasteiger charge is -2.33. The van der Waals surface area contributed by atoms with Crippen molar-refractivity contribution in [2.45, 2.75) is 38.8 Å². The van der Waals surface area contributed by atoms with Crippen molar-refractivity contribution >= 4 is 23.5 Å². The zero-order valence-electron chi connectivity index (χ0n) is 11.8. The number of aromatic nitrogens is 1. The fourth-order valence-corrected chi connectivity index (χ4v) is 2.84. The Bertz CT molecular complexity index is 513. The van der Waals surface area contributed by atoms with Gasteiger partial charge in [0.1, 0.15) is 11.7 Å². The zero-order chi connectivity index (χ0) is 14.7. The SMILES string of the molecule is CCn1cc(Cl)cc1C(=O)N1CCCC[C@@H]1C(=O)OC. The highest BCUT2D eigenvalue weighted by Gasteiger charge is 2.34. The second kappa shape index (κ2) is 6.31. The molecule has 6 heteroatoms. The van der Waals surface area contributed by atoms with E-state index in [0.29, 0.717) is 30.2 Å². The number of esters is 1. The molecule has 2 rings (SSSR count). The second-order valence-corrected chi connectivity index (χ2v) is 5.30. The number of ether oxygens (including phenoxy) is 1. The summed E-state index contributed by atoms with van der Waals surface area (Å²) in [6, 6.07) is 1.16. The van der Waals surface area contributed by atoms with Gasteiger partial charge in [0.05, 0.1) is 12.1 Å². The quantitative estimate of drug-likeness (QED) is 0.805. The molecule has 20 heavy (non-hydrogen) atoms. The smallest absolute Gasteiger partial charge is 0.328 e. The summed E-state index contributed by atoms with van der Waals surface area (Å²) in [4.78, 5) is 26.1. The lowest BCUT2D eigenvalue weighted by molar-refractivity contribution is -0.147. The molecule has 1 aliphatic rings. The Kier molecular flexibility index (Phi) is 4.70. The first-order chi connectivity index (χ1) is 9.58. The highest BCUT2D eigenvalue weighted by atomic mass is 35.5. The summed E-state index contributed by atoms with van der Waals surface area (Å²) in [5.41, 5.74) is 0.522. The lowest BCUT2D eigenvalue weighted by atomic mass is 10.0. The van der Waals surface area contributed by atoms with E-state index < -0.39 is 6.04 Å². The molecule has 110 valence electrons. The third-order valence-electron chi connectivity index (χ3n) is 3.66. The number of likely N-dealkylation sites (tertiary alicyclic amines) is 1. The minimum absolute atomic E-state index is 0.158. The van der Waals surface area contributed by atoms with Crippen LogP contribution in [0, 0.1) is 0 Å². The molecule has 2 heterocycles. The summed E-state index contributed by atoms with van der Waals surface area (Å²) in [7, 11) is 1.35. The van der Waals surface area contributed by atoms with Crippen molar-refractivity contribution in [2.24, 2.45) is 0 Å². The number of hydrogen-bond acceptors (Lipinski definition) is 3. The van der Waals surface area contributed by atoms with Crippen molar-refractivity contribution in [1.29, 1.82) is 0 Å². The van der Waals surface area contributed by atoms with Crippen LogP contribution in [0.4, 0.5) is 0 Å². The van der Waals surface area contributed by atoms with E-state index in [-0.39, 0.29) is 11.9 Å². The molecule has 5 nitrogen and oxygen atoms in total. The molecule has 0 radical (unpaired) electrons. The molecule has 1 aliphatic heterocycles. The lowest BCUT2D eigenvalue weighted by Crippen LogP contribution is -2.48. The summed E-state index contributed by atoms with van der Waals surface area (Å²) < 4.78 is 6.60. The summed E-state index contributed by atoms with van der Waals surface area (Å²) in [5.74, 6) is -0.507. The molecule has 1 saturated heterocycles. The Labute approximate surface area is 123 Å². The number of carbonyl (C=O) groups excluding carboxylic acids is 2. The van der Waals surface area contributed by atoms with Gasteiger partial charge in [-0.2, -0.15) is 0 Å². The van der Waals surface area contributed by atoms with Gasteiger partial charge in [-0.3, -0.25) is 4.79 Å². The Morgan fingerprint density at radius 1 is 1.45 bits per heavy atom. The maximum Gasteiger partial charge on any atom is 0.328 e. The minimum Gasteiger partial charge on any atom is -0.467 e. The van der Waals surface area contributed by atoms with E-state index in [1.807, 2.05) is 6.92 Å². The van der Waals surface area contributed by atoms with Gasteiger partial charge >= 0.3 is 5.97 Å². The Hall–Kier alpha value is -1.49. The molecule has 1 aromatic rings. The molecule has 0 N–H and O–H groups in total. The monoisotopic (exact) mass is 298 g/mol. The number of methoxy groups -OCH3 is 1. The molecule has 0 spiro atoms. The van der Waals surface area contributed by atoms with Crippen LogP contribution < -0.4 is 0 Å². The fourth-order valence-electron chi connectivity index (χ4n) is 2.62. The first-order valence-corrected chi connectivity index (χ1v) is 7.20. The van der Waals surface area contributed by atoms with Gasteiger partial charge in [-0.1, -0.05) is 11.6 Å². The average molecular weight is 299 g/mol. The largest absolute Gasteiger partial charge is 0.467 e. The van der Waals surface area contributed by atoms with Crippen LogP contribution in [0.3, 0.4) is 0 Å². The van der Waals surface area contributed by atoms with Crippen LogP contribution >= 0.6 is 11.6 Å². The number of piperidine rings is 1. The van der Waals surface area contributed by atoms with Crippen molar-refractivity contribution in [2.75, 3.05) is 13.7 Å². The van der Waals surface area contributed by atoms with Crippen LogP contribution in [-0.4, -0.2) is 41.0 Å². The molecule has 0 unspecified atom stereocenters. The molecule has 1 fully saturated rings. The first-order valence-electron chi connectivity index (χ1n) is 6.83. The topological polar surface area (TPSA) is 51.5 Å². The number of carbonyl (C=O) groups is 2. The summed E-state index contributed by atoms with van der Waals surface area (Å²) >= 11 is 5.97. The predicted octanol–water partition coefficient (Wildman–Crippen LogP) is 2.33.